The summed E-state index contributed by atoms with van der Waals surface area (Å²) >= 11 is 1.75. The van der Waals surface area contributed by atoms with E-state index < -0.39 is 0 Å². The summed E-state index contributed by atoms with van der Waals surface area (Å²) in [5.41, 5.74) is 15.0. The van der Waals surface area contributed by atoms with E-state index in [1.54, 1.807) is 11.3 Å². The molecule has 0 saturated carbocycles. The minimum absolute atomic E-state index is 0.141. The normalized spacial score (nSPS) is 13.1. The van der Waals surface area contributed by atoms with Gasteiger partial charge in [-0.25, -0.2) is 4.98 Å². The molecule has 1 aliphatic carbocycles. The molecule has 11 aromatic rings. The van der Waals surface area contributed by atoms with Crippen LogP contribution in [0.5, 0.6) is 0 Å². The number of rotatable bonds is 4. The molecule has 0 atom stereocenters. The summed E-state index contributed by atoms with van der Waals surface area (Å²) in [5, 5.41) is 11.2. The third kappa shape index (κ3) is 4.92. The van der Waals surface area contributed by atoms with Gasteiger partial charge in [-0.15, -0.1) is 11.3 Å². The van der Waals surface area contributed by atoms with Gasteiger partial charge in [0.05, 0.1) is 10.2 Å². The van der Waals surface area contributed by atoms with Gasteiger partial charge in [0.1, 0.15) is 5.01 Å². The smallest absolute Gasteiger partial charge is 0.124 e. The fourth-order valence-corrected chi connectivity index (χ4v) is 10.8. The first kappa shape index (κ1) is 33.3. The molecule has 1 aliphatic rings. The molecule has 0 fully saturated rings. The van der Waals surface area contributed by atoms with Crippen molar-refractivity contribution >= 4 is 64.6 Å². The summed E-state index contributed by atoms with van der Waals surface area (Å²) in [5.74, 6) is 0. The van der Waals surface area contributed by atoms with Crippen molar-refractivity contribution in [1.82, 2.24) is 4.98 Å². The Morgan fingerprint density at radius 1 is 0.379 bits per heavy atom. The van der Waals surface area contributed by atoms with Crippen LogP contribution in [0, 0.1) is 0 Å². The first-order chi connectivity index (χ1) is 28.5. The highest BCUT2D eigenvalue weighted by Crippen LogP contribution is 2.54. The molecule has 2 heteroatoms. The van der Waals surface area contributed by atoms with Crippen LogP contribution in [0.2, 0.25) is 0 Å². The van der Waals surface area contributed by atoms with Crippen LogP contribution in [-0.2, 0) is 5.41 Å². The molecule has 12 rings (SSSR count). The molecular formula is C56H37NS. The van der Waals surface area contributed by atoms with Crippen molar-refractivity contribution in [2.45, 2.75) is 19.3 Å². The predicted molar refractivity (Wildman–Crippen MR) is 249 cm³/mol. The average Bonchev–Trinajstić information content (AvgIpc) is 3.81. The number of fused-ring (bicyclic) bond motifs is 8. The SMILES string of the molecule is CC1(C)c2ccccc2-c2cc3c(-c4cccc5ccccc45)c4ccc(-c5ccc(-c6nc7ccccc7s6)cc5)cc4c(-c4cccc5ccccc45)c3cc21. The Hall–Kier alpha value is -6.87. The minimum Gasteiger partial charge on any atom is -0.236 e. The lowest BCUT2D eigenvalue weighted by molar-refractivity contribution is 0.661. The van der Waals surface area contributed by atoms with Gasteiger partial charge in [0.2, 0.25) is 0 Å². The second-order valence-electron chi connectivity index (χ2n) is 16.2. The first-order valence-corrected chi connectivity index (χ1v) is 20.9. The topological polar surface area (TPSA) is 12.9 Å². The lowest BCUT2D eigenvalue weighted by atomic mass is 9.78. The van der Waals surface area contributed by atoms with Gasteiger partial charge in [-0.05, 0) is 129 Å². The van der Waals surface area contributed by atoms with E-state index in [9.17, 15) is 0 Å². The summed E-state index contributed by atoms with van der Waals surface area (Å²) in [6, 6.07) is 69.9. The number of benzene rings is 10. The number of para-hydroxylation sites is 1. The fourth-order valence-electron chi connectivity index (χ4n) is 9.87. The summed E-state index contributed by atoms with van der Waals surface area (Å²) in [6.45, 7) is 4.79. The zero-order valence-corrected chi connectivity index (χ0v) is 33.1. The van der Waals surface area contributed by atoms with Gasteiger partial charge in [-0.2, -0.15) is 0 Å². The average molecular weight is 756 g/mol. The highest BCUT2D eigenvalue weighted by atomic mass is 32.1. The molecule has 0 saturated heterocycles. The van der Waals surface area contributed by atoms with Crippen molar-refractivity contribution < 1.29 is 0 Å². The Kier molecular flexibility index (Phi) is 7.21. The van der Waals surface area contributed by atoms with Gasteiger partial charge < -0.3 is 0 Å². The molecule has 0 N–H and O–H groups in total. The van der Waals surface area contributed by atoms with E-state index in [1.165, 1.54) is 103 Å². The maximum Gasteiger partial charge on any atom is 0.124 e. The predicted octanol–water partition coefficient (Wildman–Crippen LogP) is 15.9. The summed E-state index contributed by atoms with van der Waals surface area (Å²) in [4.78, 5) is 4.95. The highest BCUT2D eigenvalue weighted by Gasteiger charge is 2.36. The van der Waals surface area contributed by atoms with Crippen LogP contribution in [0.3, 0.4) is 0 Å². The number of aromatic nitrogens is 1. The molecule has 0 aliphatic heterocycles. The molecule has 0 unspecified atom stereocenters. The van der Waals surface area contributed by atoms with Gasteiger partial charge in [0.15, 0.2) is 0 Å². The van der Waals surface area contributed by atoms with E-state index in [4.69, 9.17) is 4.98 Å². The Morgan fingerprint density at radius 2 is 0.931 bits per heavy atom. The number of hydrogen-bond acceptors (Lipinski definition) is 2. The summed E-state index contributed by atoms with van der Waals surface area (Å²) in [6.07, 6.45) is 0. The Balaban J connectivity index is 1.19. The standard InChI is InChI=1S/C56H37NS/c1-56(2)49-22-8-7-19-41(49)45-32-47-48(33-50(45)56)54(43-21-12-16-36-14-4-6-18-40(36)43)46-31-38(29-30-44(46)53(47)42-20-11-15-35-13-3-5-17-39(35)42)34-25-27-37(28-26-34)55-57-51-23-9-10-24-52(51)58-55/h3-33H,1-2H3. The molecular weight excluding hydrogens is 719 g/mol. The quantitative estimate of drug-likeness (QED) is 0.163. The zero-order chi connectivity index (χ0) is 38.5. The lowest BCUT2D eigenvalue weighted by Gasteiger charge is -2.24. The molecule has 0 bridgehead atoms. The van der Waals surface area contributed by atoms with E-state index in [0.717, 1.165) is 16.1 Å². The van der Waals surface area contributed by atoms with Gasteiger partial charge in [0.25, 0.3) is 0 Å². The fraction of sp³-hybridized carbons (Fsp3) is 0.0536. The van der Waals surface area contributed by atoms with E-state index in [1.807, 2.05) is 0 Å². The Labute approximate surface area is 341 Å². The second kappa shape index (κ2) is 12.6. The third-order valence-corrected chi connectivity index (χ3v) is 13.8. The maximum absolute atomic E-state index is 4.95. The molecule has 1 heterocycles. The van der Waals surface area contributed by atoms with Crippen LogP contribution in [0.1, 0.15) is 25.0 Å². The third-order valence-electron chi connectivity index (χ3n) is 12.7. The summed E-state index contributed by atoms with van der Waals surface area (Å²) in [7, 11) is 0. The molecule has 1 aromatic heterocycles. The van der Waals surface area contributed by atoms with Gasteiger partial charge >= 0.3 is 0 Å². The molecule has 272 valence electrons. The number of nitrogens with zero attached hydrogens (tertiary/aromatic N) is 1. The largest absolute Gasteiger partial charge is 0.236 e. The van der Waals surface area contributed by atoms with Crippen LogP contribution in [-0.4, -0.2) is 4.98 Å². The van der Waals surface area contributed by atoms with Crippen LogP contribution < -0.4 is 0 Å². The van der Waals surface area contributed by atoms with Gasteiger partial charge in [-0.3, -0.25) is 0 Å². The molecule has 0 amide bonds. The van der Waals surface area contributed by atoms with Crippen LogP contribution in [0.15, 0.2) is 188 Å². The Bertz CT molecular complexity index is 3430. The van der Waals surface area contributed by atoms with Crippen molar-refractivity contribution in [3.05, 3.63) is 199 Å². The van der Waals surface area contributed by atoms with Gasteiger partial charge in [-0.1, -0.05) is 172 Å². The van der Waals surface area contributed by atoms with Crippen molar-refractivity contribution in [2.75, 3.05) is 0 Å². The molecule has 1 nitrogen and oxygen atoms in total. The lowest BCUT2D eigenvalue weighted by Crippen LogP contribution is -2.14. The van der Waals surface area contributed by atoms with Crippen molar-refractivity contribution in [3.8, 4) is 55.1 Å². The highest BCUT2D eigenvalue weighted by molar-refractivity contribution is 7.21. The summed E-state index contributed by atoms with van der Waals surface area (Å²) < 4.78 is 1.21. The van der Waals surface area contributed by atoms with E-state index in [-0.39, 0.29) is 5.41 Å². The van der Waals surface area contributed by atoms with E-state index in [2.05, 4.69) is 202 Å². The Morgan fingerprint density at radius 3 is 1.67 bits per heavy atom. The molecule has 10 aromatic carbocycles. The van der Waals surface area contributed by atoms with E-state index >= 15 is 0 Å². The zero-order valence-electron chi connectivity index (χ0n) is 32.3. The van der Waals surface area contributed by atoms with Crippen LogP contribution in [0.4, 0.5) is 0 Å². The van der Waals surface area contributed by atoms with Crippen molar-refractivity contribution in [2.24, 2.45) is 0 Å². The number of thiazole rings is 1. The van der Waals surface area contributed by atoms with Crippen LogP contribution >= 0.6 is 11.3 Å². The first-order valence-electron chi connectivity index (χ1n) is 20.1. The van der Waals surface area contributed by atoms with Gasteiger partial charge in [0, 0.05) is 11.0 Å². The molecule has 0 radical (unpaired) electrons. The van der Waals surface area contributed by atoms with E-state index in [0.29, 0.717) is 0 Å². The van der Waals surface area contributed by atoms with Crippen molar-refractivity contribution in [3.63, 3.8) is 0 Å². The second-order valence-corrected chi connectivity index (χ2v) is 17.3. The van der Waals surface area contributed by atoms with Crippen LogP contribution in [0.25, 0.3) is 108 Å². The monoisotopic (exact) mass is 755 g/mol. The molecule has 0 spiro atoms. The van der Waals surface area contributed by atoms with Crippen molar-refractivity contribution in [1.29, 1.82) is 0 Å². The minimum atomic E-state index is -0.141. The maximum atomic E-state index is 4.95. The molecule has 58 heavy (non-hydrogen) atoms. The number of hydrogen-bond donors (Lipinski definition) is 0.